The molecule has 0 aromatic rings. The van der Waals surface area contributed by atoms with Crippen LogP contribution in [0.15, 0.2) is 0 Å². The number of nitrogens with one attached hydrogen (secondary N) is 2. The number of nitrogens with zero attached hydrogens (tertiary/aromatic N) is 1. The van der Waals surface area contributed by atoms with Crippen LogP contribution in [-0.2, 0) is 4.79 Å². The van der Waals surface area contributed by atoms with Gasteiger partial charge in [-0.15, -0.1) is 0 Å². The van der Waals surface area contributed by atoms with E-state index in [0.717, 1.165) is 64.7 Å². The van der Waals surface area contributed by atoms with Crippen molar-refractivity contribution < 1.29 is 9.90 Å². The fourth-order valence-corrected chi connectivity index (χ4v) is 3.57. The molecule has 2 heterocycles. The van der Waals surface area contributed by atoms with Gasteiger partial charge in [0.25, 0.3) is 0 Å². The number of likely N-dealkylation sites (tertiary alicyclic amines) is 1. The number of rotatable bonds is 8. The molecule has 5 heteroatoms. The predicted molar refractivity (Wildman–Crippen MR) is 84.2 cm³/mol. The summed E-state index contributed by atoms with van der Waals surface area (Å²) in [5.74, 6) is 0.230. The molecule has 1 unspecified atom stereocenters. The average molecular weight is 297 g/mol. The summed E-state index contributed by atoms with van der Waals surface area (Å²) in [6, 6.07) is 0.694. The van der Waals surface area contributed by atoms with E-state index in [0.29, 0.717) is 6.04 Å². The molecule has 2 aliphatic rings. The van der Waals surface area contributed by atoms with Crippen LogP contribution in [0.5, 0.6) is 0 Å². The van der Waals surface area contributed by atoms with Gasteiger partial charge in [0.2, 0.25) is 5.91 Å². The highest BCUT2D eigenvalue weighted by atomic mass is 16.2. The Bertz CT molecular complexity index is 306. The molecule has 21 heavy (non-hydrogen) atoms. The number of amides is 1. The second kappa shape index (κ2) is 9.38. The lowest BCUT2D eigenvalue weighted by atomic mass is 10.0. The van der Waals surface area contributed by atoms with Gasteiger partial charge in [0, 0.05) is 19.2 Å². The molecule has 5 nitrogen and oxygen atoms in total. The Morgan fingerprint density at radius 3 is 2.67 bits per heavy atom. The summed E-state index contributed by atoms with van der Waals surface area (Å²) in [5, 5.41) is 15.2. The number of carbonyl (C=O) groups excluding carboxylic acids is 1. The number of carbonyl (C=O) groups is 1. The minimum atomic E-state index is 0.102. The normalized spacial score (nSPS) is 24.3. The van der Waals surface area contributed by atoms with Crippen LogP contribution in [0.2, 0.25) is 0 Å². The summed E-state index contributed by atoms with van der Waals surface area (Å²) in [5.41, 5.74) is 0. The van der Waals surface area contributed by atoms with Crippen molar-refractivity contribution in [2.24, 2.45) is 0 Å². The van der Waals surface area contributed by atoms with Gasteiger partial charge < -0.3 is 15.7 Å². The molecule has 2 aliphatic heterocycles. The fraction of sp³-hybridized carbons (Fsp3) is 0.938. The Hall–Kier alpha value is -0.650. The molecule has 122 valence electrons. The van der Waals surface area contributed by atoms with E-state index in [9.17, 15) is 4.79 Å². The van der Waals surface area contributed by atoms with Gasteiger partial charge >= 0.3 is 0 Å². The quantitative estimate of drug-likeness (QED) is 0.582. The summed E-state index contributed by atoms with van der Waals surface area (Å²) in [7, 11) is 0. The van der Waals surface area contributed by atoms with E-state index in [-0.39, 0.29) is 18.6 Å². The van der Waals surface area contributed by atoms with E-state index >= 15 is 0 Å². The highest BCUT2D eigenvalue weighted by Crippen LogP contribution is 2.24. The zero-order valence-corrected chi connectivity index (χ0v) is 13.1. The summed E-state index contributed by atoms with van der Waals surface area (Å²) in [6.07, 6.45) is 8.54. The Balaban J connectivity index is 1.68. The summed E-state index contributed by atoms with van der Waals surface area (Å²) >= 11 is 0. The third-order valence-corrected chi connectivity index (χ3v) is 4.76. The van der Waals surface area contributed by atoms with Crippen LogP contribution < -0.4 is 10.6 Å². The molecular formula is C16H31N3O2. The first-order valence-corrected chi connectivity index (χ1v) is 8.68. The average Bonchev–Trinajstić information content (AvgIpc) is 3.01. The molecule has 0 saturated carbocycles. The van der Waals surface area contributed by atoms with Gasteiger partial charge in [-0.1, -0.05) is 12.8 Å². The van der Waals surface area contributed by atoms with Gasteiger partial charge in [-0.2, -0.15) is 0 Å². The minimum absolute atomic E-state index is 0.102. The lowest BCUT2D eigenvalue weighted by molar-refractivity contribution is -0.126. The van der Waals surface area contributed by atoms with Gasteiger partial charge in [0.05, 0.1) is 6.04 Å². The van der Waals surface area contributed by atoms with Crippen LogP contribution in [0.1, 0.15) is 51.4 Å². The molecule has 0 aromatic heterocycles. The zero-order chi connectivity index (χ0) is 14.9. The van der Waals surface area contributed by atoms with Gasteiger partial charge in [-0.05, 0) is 58.2 Å². The van der Waals surface area contributed by atoms with Gasteiger partial charge in [-0.3, -0.25) is 9.69 Å². The van der Waals surface area contributed by atoms with E-state index in [1.54, 1.807) is 0 Å². The summed E-state index contributed by atoms with van der Waals surface area (Å²) < 4.78 is 0. The lowest BCUT2D eigenvalue weighted by Gasteiger charge is -2.35. The molecule has 2 saturated heterocycles. The Labute approximate surface area is 128 Å². The van der Waals surface area contributed by atoms with E-state index in [2.05, 4.69) is 15.5 Å². The first kappa shape index (κ1) is 16.7. The number of piperidine rings is 1. The SMILES string of the molecule is O=C(NCCCCCCO)C1CCCN1C1CCNCC1. The second-order valence-electron chi connectivity index (χ2n) is 6.31. The van der Waals surface area contributed by atoms with Gasteiger partial charge in [-0.25, -0.2) is 0 Å². The lowest BCUT2D eigenvalue weighted by Crippen LogP contribution is -2.50. The molecule has 0 aliphatic carbocycles. The van der Waals surface area contributed by atoms with Crippen molar-refractivity contribution in [3.8, 4) is 0 Å². The maximum atomic E-state index is 12.4. The maximum Gasteiger partial charge on any atom is 0.237 e. The Morgan fingerprint density at radius 2 is 1.90 bits per heavy atom. The number of unbranched alkanes of at least 4 members (excludes halogenated alkanes) is 3. The van der Waals surface area contributed by atoms with E-state index in [4.69, 9.17) is 5.11 Å². The number of aliphatic hydroxyl groups is 1. The smallest absolute Gasteiger partial charge is 0.237 e. The van der Waals surface area contributed by atoms with Crippen LogP contribution in [0.4, 0.5) is 0 Å². The molecule has 1 amide bonds. The van der Waals surface area contributed by atoms with Crippen molar-refractivity contribution in [2.75, 3.05) is 32.8 Å². The topological polar surface area (TPSA) is 64.6 Å². The highest BCUT2D eigenvalue weighted by Gasteiger charge is 2.35. The van der Waals surface area contributed by atoms with Crippen LogP contribution in [0.25, 0.3) is 0 Å². The standard InChI is InChI=1S/C16H31N3O2/c20-13-4-2-1-3-9-18-16(21)15-6-5-12-19(15)14-7-10-17-11-8-14/h14-15,17,20H,1-13H2,(H,18,21). The van der Waals surface area contributed by atoms with Crippen LogP contribution in [-0.4, -0.2) is 60.8 Å². The molecule has 0 aromatic carbocycles. The van der Waals surface area contributed by atoms with E-state index in [1.807, 2.05) is 0 Å². The molecule has 0 radical (unpaired) electrons. The summed E-state index contributed by atoms with van der Waals surface area (Å²) in [4.78, 5) is 14.8. The van der Waals surface area contributed by atoms with Crippen molar-refractivity contribution in [1.82, 2.24) is 15.5 Å². The first-order chi connectivity index (χ1) is 10.3. The maximum absolute atomic E-state index is 12.4. The van der Waals surface area contributed by atoms with Crippen molar-refractivity contribution in [3.63, 3.8) is 0 Å². The predicted octanol–water partition coefficient (Wildman–Crippen LogP) is 0.872. The fourth-order valence-electron chi connectivity index (χ4n) is 3.57. The van der Waals surface area contributed by atoms with Crippen LogP contribution >= 0.6 is 0 Å². The third kappa shape index (κ3) is 5.24. The van der Waals surface area contributed by atoms with Crippen molar-refractivity contribution >= 4 is 5.91 Å². The molecule has 2 fully saturated rings. The minimum Gasteiger partial charge on any atom is -0.396 e. The second-order valence-corrected chi connectivity index (χ2v) is 6.31. The molecule has 0 spiro atoms. The highest BCUT2D eigenvalue weighted by molar-refractivity contribution is 5.82. The van der Waals surface area contributed by atoms with Crippen molar-refractivity contribution in [3.05, 3.63) is 0 Å². The van der Waals surface area contributed by atoms with Crippen LogP contribution in [0.3, 0.4) is 0 Å². The third-order valence-electron chi connectivity index (χ3n) is 4.76. The molecule has 3 N–H and O–H groups in total. The number of hydrogen-bond acceptors (Lipinski definition) is 4. The van der Waals surface area contributed by atoms with E-state index < -0.39 is 0 Å². The first-order valence-electron chi connectivity index (χ1n) is 8.68. The Kier molecular flexibility index (Phi) is 7.47. The Morgan fingerprint density at radius 1 is 1.14 bits per heavy atom. The number of hydrogen-bond donors (Lipinski definition) is 3. The van der Waals surface area contributed by atoms with Crippen molar-refractivity contribution in [2.45, 2.75) is 63.5 Å². The molecular weight excluding hydrogens is 266 g/mol. The van der Waals surface area contributed by atoms with Gasteiger partial charge in [0.15, 0.2) is 0 Å². The van der Waals surface area contributed by atoms with Crippen LogP contribution in [0, 0.1) is 0 Å². The number of aliphatic hydroxyl groups excluding tert-OH is 1. The summed E-state index contributed by atoms with van der Waals surface area (Å²) in [6.45, 7) is 4.31. The zero-order valence-electron chi connectivity index (χ0n) is 13.1. The monoisotopic (exact) mass is 297 g/mol. The molecule has 2 rings (SSSR count). The largest absolute Gasteiger partial charge is 0.396 e. The van der Waals surface area contributed by atoms with E-state index in [1.165, 1.54) is 12.8 Å². The van der Waals surface area contributed by atoms with Crippen molar-refractivity contribution in [1.29, 1.82) is 0 Å². The molecule has 1 atom stereocenters. The van der Waals surface area contributed by atoms with Gasteiger partial charge in [0.1, 0.15) is 0 Å². The molecule has 0 bridgehead atoms.